The Labute approximate surface area is 107 Å². The second-order valence-corrected chi connectivity index (χ2v) is 7.58. The molecule has 1 rings (SSSR count). The summed E-state index contributed by atoms with van der Waals surface area (Å²) in [6.45, 7) is 5.72. The molecular weight excluding hydrogens is 258 g/mol. The first kappa shape index (κ1) is 14.6. The second-order valence-electron chi connectivity index (χ2n) is 4.35. The molecule has 0 saturated heterocycles. The quantitative estimate of drug-likeness (QED) is 0.832. The fourth-order valence-electron chi connectivity index (χ4n) is 1.48. The van der Waals surface area contributed by atoms with Crippen LogP contribution < -0.4 is 4.72 Å². The molecular formula is C11H19NO3S2. The number of sulfonamides is 1. The van der Waals surface area contributed by atoms with Gasteiger partial charge in [-0.05, 0) is 31.4 Å². The van der Waals surface area contributed by atoms with Crippen molar-refractivity contribution >= 4 is 21.4 Å². The molecule has 0 radical (unpaired) electrons. The van der Waals surface area contributed by atoms with Crippen LogP contribution in [0.15, 0.2) is 16.3 Å². The largest absolute Gasteiger partial charge is 0.396 e. The molecule has 0 bridgehead atoms. The molecule has 6 heteroatoms. The molecule has 1 aromatic heterocycles. The van der Waals surface area contributed by atoms with Gasteiger partial charge in [0.25, 0.3) is 0 Å². The van der Waals surface area contributed by atoms with Crippen molar-refractivity contribution in [2.45, 2.75) is 37.4 Å². The Morgan fingerprint density at radius 2 is 2.06 bits per heavy atom. The molecule has 1 unspecified atom stereocenters. The third-order valence-corrected chi connectivity index (χ3v) is 5.51. The van der Waals surface area contributed by atoms with E-state index in [0.717, 1.165) is 4.88 Å². The van der Waals surface area contributed by atoms with Gasteiger partial charge in [-0.3, -0.25) is 0 Å². The monoisotopic (exact) mass is 277 g/mol. The van der Waals surface area contributed by atoms with E-state index in [0.29, 0.717) is 10.6 Å². The summed E-state index contributed by atoms with van der Waals surface area (Å²) in [5.74, 6) is 0.151. The van der Waals surface area contributed by atoms with Crippen LogP contribution in [0, 0.1) is 12.8 Å². The lowest BCUT2D eigenvalue weighted by molar-refractivity contribution is 0.256. The Hall–Kier alpha value is -0.430. The molecule has 0 aliphatic carbocycles. The van der Waals surface area contributed by atoms with Crippen molar-refractivity contribution in [3.05, 3.63) is 17.0 Å². The van der Waals surface area contributed by atoms with E-state index in [-0.39, 0.29) is 18.6 Å². The lowest BCUT2D eigenvalue weighted by Crippen LogP contribution is -2.38. The summed E-state index contributed by atoms with van der Waals surface area (Å²) in [5, 5.41) is 8.92. The second kappa shape index (κ2) is 5.95. The molecule has 0 aromatic carbocycles. The van der Waals surface area contributed by atoms with Gasteiger partial charge in [-0.2, -0.15) is 0 Å². The number of hydrogen-bond donors (Lipinski definition) is 2. The molecule has 0 saturated carbocycles. The number of nitrogens with one attached hydrogen (secondary N) is 1. The van der Waals surface area contributed by atoms with Crippen molar-refractivity contribution in [3.8, 4) is 0 Å². The van der Waals surface area contributed by atoms with Crippen LogP contribution in [0.5, 0.6) is 0 Å². The molecule has 1 heterocycles. The molecule has 1 atom stereocenters. The van der Waals surface area contributed by atoms with Gasteiger partial charge < -0.3 is 5.11 Å². The van der Waals surface area contributed by atoms with E-state index in [4.69, 9.17) is 5.11 Å². The maximum atomic E-state index is 12.1. The fraction of sp³-hybridized carbons (Fsp3) is 0.636. The van der Waals surface area contributed by atoms with Gasteiger partial charge >= 0.3 is 0 Å². The Bertz CT molecular complexity index is 451. The van der Waals surface area contributed by atoms with Crippen molar-refractivity contribution in [3.63, 3.8) is 0 Å². The van der Waals surface area contributed by atoms with Gasteiger partial charge in [0.1, 0.15) is 4.21 Å². The van der Waals surface area contributed by atoms with Gasteiger partial charge in [-0.15, -0.1) is 11.3 Å². The number of aliphatic hydroxyl groups is 1. The van der Waals surface area contributed by atoms with E-state index in [1.807, 2.05) is 20.8 Å². The zero-order valence-corrected chi connectivity index (χ0v) is 11.9. The Morgan fingerprint density at radius 3 is 2.47 bits per heavy atom. The highest BCUT2D eigenvalue weighted by molar-refractivity contribution is 7.91. The Morgan fingerprint density at radius 1 is 1.41 bits per heavy atom. The van der Waals surface area contributed by atoms with Crippen LogP contribution in [0.25, 0.3) is 0 Å². The molecule has 0 spiro atoms. The normalized spacial score (nSPS) is 14.2. The molecule has 0 fully saturated rings. The number of thiophene rings is 1. The minimum atomic E-state index is -3.45. The lowest BCUT2D eigenvalue weighted by Gasteiger charge is -2.20. The van der Waals surface area contributed by atoms with Crippen LogP contribution in [0.3, 0.4) is 0 Å². The zero-order chi connectivity index (χ0) is 13.1. The highest BCUT2D eigenvalue weighted by Crippen LogP contribution is 2.21. The van der Waals surface area contributed by atoms with Crippen LogP contribution >= 0.6 is 11.3 Å². The molecule has 2 N–H and O–H groups in total. The number of hydrogen-bond acceptors (Lipinski definition) is 4. The average molecular weight is 277 g/mol. The van der Waals surface area contributed by atoms with E-state index < -0.39 is 10.0 Å². The van der Waals surface area contributed by atoms with E-state index in [1.165, 1.54) is 11.3 Å². The number of aliphatic hydroxyl groups excluding tert-OH is 1. The van der Waals surface area contributed by atoms with Crippen LogP contribution in [-0.4, -0.2) is 26.2 Å². The van der Waals surface area contributed by atoms with Crippen LogP contribution in [0.2, 0.25) is 0 Å². The standard InChI is InChI=1S/C11H19NO3S2/c1-8(2)10(6-7-13)12-17(14,15)11-5-4-9(3)16-11/h4-5,8,10,12-13H,6-7H2,1-3H3. The zero-order valence-electron chi connectivity index (χ0n) is 10.3. The summed E-state index contributed by atoms with van der Waals surface area (Å²) in [7, 11) is -3.45. The Kier molecular flexibility index (Phi) is 5.12. The summed E-state index contributed by atoms with van der Waals surface area (Å²) in [5.41, 5.74) is 0. The maximum Gasteiger partial charge on any atom is 0.250 e. The van der Waals surface area contributed by atoms with Crippen molar-refractivity contribution < 1.29 is 13.5 Å². The molecule has 0 aliphatic rings. The van der Waals surface area contributed by atoms with Gasteiger partial charge in [0.05, 0.1) is 0 Å². The van der Waals surface area contributed by atoms with Crippen molar-refractivity contribution in [2.75, 3.05) is 6.61 Å². The van der Waals surface area contributed by atoms with Gasteiger partial charge in [-0.1, -0.05) is 13.8 Å². The first-order valence-corrected chi connectivity index (χ1v) is 7.86. The van der Waals surface area contributed by atoms with Gasteiger partial charge in [-0.25, -0.2) is 13.1 Å². The third kappa shape index (κ3) is 4.06. The van der Waals surface area contributed by atoms with Crippen molar-refractivity contribution in [2.24, 2.45) is 5.92 Å². The minimum Gasteiger partial charge on any atom is -0.396 e. The predicted octanol–water partition coefficient (Wildman–Crippen LogP) is 1.74. The highest BCUT2D eigenvalue weighted by Gasteiger charge is 2.23. The average Bonchev–Trinajstić information content (AvgIpc) is 2.64. The fourth-order valence-corrected chi connectivity index (χ4v) is 4.20. The summed E-state index contributed by atoms with van der Waals surface area (Å²) in [6.07, 6.45) is 0.432. The van der Waals surface area contributed by atoms with Crippen LogP contribution in [0.4, 0.5) is 0 Å². The molecule has 1 aromatic rings. The SMILES string of the molecule is Cc1ccc(S(=O)(=O)NC(CCO)C(C)C)s1. The highest BCUT2D eigenvalue weighted by atomic mass is 32.2. The molecule has 0 aliphatic heterocycles. The van der Waals surface area contributed by atoms with Gasteiger partial charge in [0.15, 0.2) is 0 Å². The minimum absolute atomic E-state index is 0.0190. The molecule has 0 amide bonds. The summed E-state index contributed by atoms with van der Waals surface area (Å²) >= 11 is 1.25. The van der Waals surface area contributed by atoms with E-state index in [1.54, 1.807) is 12.1 Å². The summed E-state index contributed by atoms with van der Waals surface area (Å²) in [6, 6.07) is 3.17. The predicted molar refractivity (Wildman–Crippen MR) is 69.7 cm³/mol. The maximum absolute atomic E-state index is 12.1. The van der Waals surface area contributed by atoms with E-state index >= 15 is 0 Å². The van der Waals surface area contributed by atoms with Gasteiger partial charge in [0.2, 0.25) is 10.0 Å². The number of rotatable bonds is 6. The van der Waals surface area contributed by atoms with Gasteiger partial charge in [0, 0.05) is 17.5 Å². The first-order chi connectivity index (χ1) is 7.86. The third-order valence-electron chi connectivity index (χ3n) is 2.53. The summed E-state index contributed by atoms with van der Waals surface area (Å²) < 4.78 is 27.1. The number of aryl methyl sites for hydroxylation is 1. The Balaban J connectivity index is 2.84. The first-order valence-electron chi connectivity index (χ1n) is 5.56. The topological polar surface area (TPSA) is 66.4 Å². The molecule has 4 nitrogen and oxygen atoms in total. The summed E-state index contributed by atoms with van der Waals surface area (Å²) in [4.78, 5) is 0.966. The lowest BCUT2D eigenvalue weighted by atomic mass is 10.0. The van der Waals surface area contributed by atoms with Crippen molar-refractivity contribution in [1.29, 1.82) is 0 Å². The van der Waals surface area contributed by atoms with Crippen molar-refractivity contribution in [1.82, 2.24) is 4.72 Å². The van der Waals surface area contributed by atoms with Crippen LogP contribution in [-0.2, 0) is 10.0 Å². The van der Waals surface area contributed by atoms with E-state index in [9.17, 15) is 8.42 Å². The van der Waals surface area contributed by atoms with E-state index in [2.05, 4.69) is 4.72 Å². The molecule has 98 valence electrons. The smallest absolute Gasteiger partial charge is 0.250 e. The van der Waals surface area contributed by atoms with Crippen LogP contribution in [0.1, 0.15) is 25.1 Å². The molecule has 17 heavy (non-hydrogen) atoms.